The standard InChI is InChI=1S/C21H23N5O3/c1-25-13-16(10-23-25)21(27)26-8-4-5-15(14-26)19-11-22-12-20(24-19)29-18-7-3-6-17(9-18)28-2/h3,6-7,9-13,15H,4-5,8,14H2,1-2H3/t15-/m1/s1. The average Bonchev–Trinajstić information content (AvgIpc) is 3.20. The number of piperidine rings is 1. The van der Waals surface area contributed by atoms with Gasteiger partial charge >= 0.3 is 0 Å². The number of ether oxygens (including phenoxy) is 2. The van der Waals surface area contributed by atoms with Gasteiger partial charge in [0, 0.05) is 44.5 Å². The third-order valence-electron chi connectivity index (χ3n) is 4.97. The van der Waals surface area contributed by atoms with Crippen molar-refractivity contribution >= 4 is 5.91 Å². The maximum atomic E-state index is 12.8. The zero-order valence-corrected chi connectivity index (χ0v) is 16.5. The molecule has 1 fully saturated rings. The summed E-state index contributed by atoms with van der Waals surface area (Å²) in [5.74, 6) is 1.88. The molecule has 3 heterocycles. The minimum atomic E-state index is -0.000422. The number of benzene rings is 1. The SMILES string of the molecule is COc1cccc(Oc2cncc([C@@H]3CCCN(C(=O)c4cnn(C)c4)C3)n2)c1. The van der Waals surface area contributed by atoms with E-state index in [9.17, 15) is 4.79 Å². The highest BCUT2D eigenvalue weighted by molar-refractivity contribution is 5.93. The molecule has 0 spiro atoms. The summed E-state index contributed by atoms with van der Waals surface area (Å²) in [7, 11) is 3.42. The smallest absolute Gasteiger partial charge is 0.257 e. The number of rotatable bonds is 5. The molecule has 1 atom stereocenters. The van der Waals surface area contributed by atoms with Crippen molar-refractivity contribution in [2.45, 2.75) is 18.8 Å². The van der Waals surface area contributed by atoms with Crippen molar-refractivity contribution in [2.75, 3.05) is 20.2 Å². The van der Waals surface area contributed by atoms with E-state index in [1.807, 2.05) is 23.1 Å². The van der Waals surface area contributed by atoms with Crippen molar-refractivity contribution in [2.24, 2.45) is 7.05 Å². The van der Waals surface area contributed by atoms with Gasteiger partial charge in [-0.3, -0.25) is 14.5 Å². The second-order valence-corrected chi connectivity index (χ2v) is 7.06. The summed E-state index contributed by atoms with van der Waals surface area (Å²) in [5.41, 5.74) is 1.43. The van der Waals surface area contributed by atoms with Gasteiger partial charge in [-0.15, -0.1) is 0 Å². The van der Waals surface area contributed by atoms with Gasteiger partial charge in [0.1, 0.15) is 11.5 Å². The summed E-state index contributed by atoms with van der Waals surface area (Å²) in [4.78, 5) is 23.6. The summed E-state index contributed by atoms with van der Waals surface area (Å²) in [6.45, 7) is 1.34. The van der Waals surface area contributed by atoms with Gasteiger partial charge in [-0.2, -0.15) is 5.10 Å². The molecule has 4 rings (SSSR count). The summed E-state index contributed by atoms with van der Waals surface area (Å²) in [5, 5.41) is 4.09. The molecule has 150 valence electrons. The molecule has 0 saturated carbocycles. The molecule has 8 heteroatoms. The fourth-order valence-electron chi connectivity index (χ4n) is 3.51. The van der Waals surface area contributed by atoms with Crippen molar-refractivity contribution in [1.82, 2.24) is 24.6 Å². The highest BCUT2D eigenvalue weighted by atomic mass is 16.5. The second kappa shape index (κ2) is 8.30. The molecule has 0 unspecified atom stereocenters. The lowest BCUT2D eigenvalue weighted by Crippen LogP contribution is -2.39. The molecule has 1 aliphatic rings. The van der Waals surface area contributed by atoms with Gasteiger partial charge in [0.25, 0.3) is 5.91 Å². The van der Waals surface area contributed by atoms with Crippen molar-refractivity contribution < 1.29 is 14.3 Å². The maximum absolute atomic E-state index is 12.8. The summed E-state index contributed by atoms with van der Waals surface area (Å²) < 4.78 is 12.7. The van der Waals surface area contributed by atoms with Crippen LogP contribution in [0.1, 0.15) is 34.8 Å². The fourth-order valence-corrected chi connectivity index (χ4v) is 3.51. The van der Waals surface area contributed by atoms with Crippen LogP contribution in [0.2, 0.25) is 0 Å². The van der Waals surface area contributed by atoms with Crippen molar-refractivity contribution in [3.05, 3.63) is 60.3 Å². The number of carbonyl (C=O) groups excluding carboxylic acids is 1. The van der Waals surface area contributed by atoms with Crippen molar-refractivity contribution in [1.29, 1.82) is 0 Å². The van der Waals surface area contributed by atoms with Gasteiger partial charge in [0.05, 0.1) is 30.8 Å². The lowest BCUT2D eigenvalue weighted by molar-refractivity contribution is 0.0705. The lowest BCUT2D eigenvalue weighted by atomic mass is 9.94. The molecule has 0 N–H and O–H groups in total. The van der Waals surface area contributed by atoms with E-state index < -0.39 is 0 Å². The molecular formula is C21H23N5O3. The van der Waals surface area contributed by atoms with Crippen LogP contribution in [-0.4, -0.2) is 50.8 Å². The van der Waals surface area contributed by atoms with Gasteiger partial charge in [0.15, 0.2) is 0 Å². The zero-order valence-electron chi connectivity index (χ0n) is 16.5. The van der Waals surface area contributed by atoms with Crippen molar-refractivity contribution in [3.8, 4) is 17.4 Å². The molecule has 1 aliphatic heterocycles. The van der Waals surface area contributed by atoms with Crippen LogP contribution in [-0.2, 0) is 7.05 Å². The highest BCUT2D eigenvalue weighted by Crippen LogP contribution is 2.29. The Hall–Kier alpha value is -3.42. The number of amides is 1. The number of hydrogen-bond acceptors (Lipinski definition) is 6. The zero-order chi connectivity index (χ0) is 20.2. The van der Waals surface area contributed by atoms with Crippen LogP contribution in [0.25, 0.3) is 0 Å². The molecule has 1 amide bonds. The molecule has 1 aromatic carbocycles. The molecule has 29 heavy (non-hydrogen) atoms. The molecule has 3 aromatic rings. The molecule has 2 aromatic heterocycles. The minimum absolute atomic E-state index is 0.000422. The van der Waals surface area contributed by atoms with Crippen LogP contribution in [0.3, 0.4) is 0 Å². The molecule has 8 nitrogen and oxygen atoms in total. The van der Waals surface area contributed by atoms with Gasteiger partial charge in [-0.1, -0.05) is 6.07 Å². The third-order valence-corrected chi connectivity index (χ3v) is 4.97. The second-order valence-electron chi connectivity index (χ2n) is 7.06. The lowest BCUT2D eigenvalue weighted by Gasteiger charge is -2.32. The number of methoxy groups -OCH3 is 1. The van der Waals surface area contributed by atoms with Crippen molar-refractivity contribution in [3.63, 3.8) is 0 Å². The number of nitrogens with zero attached hydrogens (tertiary/aromatic N) is 5. The first kappa shape index (κ1) is 18.9. The Morgan fingerprint density at radius 1 is 1.21 bits per heavy atom. The third kappa shape index (κ3) is 4.37. The molecular weight excluding hydrogens is 370 g/mol. The average molecular weight is 393 g/mol. The Balaban J connectivity index is 1.48. The Kier molecular flexibility index (Phi) is 5.41. The van der Waals surface area contributed by atoms with E-state index in [1.165, 1.54) is 0 Å². The Labute approximate surface area is 169 Å². The number of likely N-dealkylation sites (tertiary alicyclic amines) is 1. The number of carbonyl (C=O) groups is 1. The first-order valence-electron chi connectivity index (χ1n) is 9.54. The van der Waals surface area contributed by atoms with Crippen LogP contribution in [0, 0.1) is 0 Å². The van der Waals surface area contributed by atoms with E-state index in [2.05, 4.69) is 15.1 Å². The van der Waals surface area contributed by atoms with Gasteiger partial charge in [-0.05, 0) is 25.0 Å². The molecule has 0 bridgehead atoms. The number of aromatic nitrogens is 4. The minimum Gasteiger partial charge on any atom is -0.497 e. The fraction of sp³-hybridized carbons (Fsp3) is 0.333. The van der Waals surface area contributed by atoms with Gasteiger partial charge < -0.3 is 14.4 Å². The van der Waals surface area contributed by atoms with E-state index in [4.69, 9.17) is 9.47 Å². The number of aryl methyl sites for hydroxylation is 1. The monoisotopic (exact) mass is 393 g/mol. The first-order valence-corrected chi connectivity index (χ1v) is 9.54. The maximum Gasteiger partial charge on any atom is 0.257 e. The predicted molar refractivity (Wildman–Crippen MR) is 106 cm³/mol. The van der Waals surface area contributed by atoms with Crippen LogP contribution in [0.15, 0.2) is 49.1 Å². The van der Waals surface area contributed by atoms with Crippen LogP contribution in [0.5, 0.6) is 17.4 Å². The van der Waals surface area contributed by atoms with Crippen LogP contribution in [0.4, 0.5) is 0 Å². The molecule has 0 aliphatic carbocycles. The van der Waals surface area contributed by atoms with Crippen LogP contribution >= 0.6 is 0 Å². The summed E-state index contributed by atoms with van der Waals surface area (Å²) in [6.07, 6.45) is 8.56. The molecule has 1 saturated heterocycles. The topological polar surface area (TPSA) is 82.4 Å². The molecule has 0 radical (unpaired) electrons. The largest absolute Gasteiger partial charge is 0.497 e. The Morgan fingerprint density at radius 3 is 2.86 bits per heavy atom. The van der Waals surface area contributed by atoms with E-state index in [1.54, 1.807) is 49.7 Å². The van der Waals surface area contributed by atoms with E-state index >= 15 is 0 Å². The Bertz CT molecular complexity index is 1000. The Morgan fingerprint density at radius 2 is 2.07 bits per heavy atom. The number of hydrogen-bond donors (Lipinski definition) is 0. The predicted octanol–water partition coefficient (Wildman–Crippen LogP) is 3.03. The summed E-state index contributed by atoms with van der Waals surface area (Å²) >= 11 is 0. The van der Waals surface area contributed by atoms with E-state index in [-0.39, 0.29) is 11.8 Å². The summed E-state index contributed by atoms with van der Waals surface area (Å²) in [6, 6.07) is 7.34. The van der Waals surface area contributed by atoms with Crippen LogP contribution < -0.4 is 9.47 Å². The van der Waals surface area contributed by atoms with Gasteiger partial charge in [0.2, 0.25) is 5.88 Å². The first-order chi connectivity index (χ1) is 14.1. The normalized spacial score (nSPS) is 16.5. The van der Waals surface area contributed by atoms with E-state index in [0.717, 1.165) is 25.1 Å². The highest BCUT2D eigenvalue weighted by Gasteiger charge is 2.27. The van der Waals surface area contributed by atoms with E-state index in [0.29, 0.717) is 29.5 Å². The van der Waals surface area contributed by atoms with Gasteiger partial charge in [-0.25, -0.2) is 4.98 Å². The quantitative estimate of drug-likeness (QED) is 0.663.